The molecule has 1 aromatic heterocycles. The predicted molar refractivity (Wildman–Crippen MR) is 110 cm³/mol. The zero-order valence-corrected chi connectivity index (χ0v) is 17.1. The van der Waals surface area contributed by atoms with Crippen molar-refractivity contribution in [3.8, 4) is 5.75 Å². The van der Waals surface area contributed by atoms with E-state index in [1.54, 1.807) is 19.6 Å². The summed E-state index contributed by atoms with van der Waals surface area (Å²) in [7, 11) is 1.64. The first-order valence-corrected chi connectivity index (χ1v) is 10.5. The second-order valence-corrected chi connectivity index (χ2v) is 7.98. The summed E-state index contributed by atoms with van der Waals surface area (Å²) in [6.07, 6.45) is 8.06. The molecule has 1 saturated heterocycles. The highest BCUT2D eigenvalue weighted by molar-refractivity contribution is 5.94. The van der Waals surface area contributed by atoms with Gasteiger partial charge in [-0.2, -0.15) is 0 Å². The number of ether oxygens (including phenoxy) is 2. The zero-order valence-electron chi connectivity index (χ0n) is 17.1. The van der Waals surface area contributed by atoms with Crippen molar-refractivity contribution < 1.29 is 18.7 Å². The van der Waals surface area contributed by atoms with Crippen molar-refractivity contribution in [1.82, 2.24) is 9.80 Å². The van der Waals surface area contributed by atoms with E-state index in [-0.39, 0.29) is 12.0 Å². The lowest BCUT2D eigenvalue weighted by molar-refractivity contribution is -0.0468. The minimum Gasteiger partial charge on any atom is -0.497 e. The molecular weight excluding hydrogens is 368 g/mol. The van der Waals surface area contributed by atoms with Gasteiger partial charge in [-0.05, 0) is 43.2 Å². The summed E-state index contributed by atoms with van der Waals surface area (Å²) in [5.74, 6) is 0.856. The SMILES string of the molecule is COc1ccc(C(=O)N(CC2CN(Cc3ccoc3)CCO2)C2CCCC2)cc1. The number of rotatable bonds is 7. The maximum Gasteiger partial charge on any atom is 0.254 e. The summed E-state index contributed by atoms with van der Waals surface area (Å²) >= 11 is 0. The number of carbonyl (C=O) groups is 1. The van der Waals surface area contributed by atoms with E-state index in [1.165, 1.54) is 18.4 Å². The van der Waals surface area contributed by atoms with Gasteiger partial charge >= 0.3 is 0 Å². The van der Waals surface area contributed by atoms with Gasteiger partial charge in [-0.1, -0.05) is 12.8 Å². The highest BCUT2D eigenvalue weighted by Crippen LogP contribution is 2.26. The van der Waals surface area contributed by atoms with Gasteiger partial charge in [-0.15, -0.1) is 0 Å². The summed E-state index contributed by atoms with van der Waals surface area (Å²) in [4.78, 5) is 17.8. The first-order chi connectivity index (χ1) is 14.2. The molecule has 2 heterocycles. The van der Waals surface area contributed by atoms with Gasteiger partial charge in [0.15, 0.2) is 0 Å². The molecule has 2 aromatic rings. The lowest BCUT2D eigenvalue weighted by atomic mass is 10.1. The van der Waals surface area contributed by atoms with Gasteiger partial charge in [0, 0.05) is 43.3 Å². The summed E-state index contributed by atoms with van der Waals surface area (Å²) < 4.78 is 16.5. The van der Waals surface area contributed by atoms with Crippen LogP contribution in [-0.4, -0.2) is 61.2 Å². The van der Waals surface area contributed by atoms with Crippen molar-refractivity contribution >= 4 is 5.91 Å². The average Bonchev–Trinajstić information content (AvgIpc) is 3.46. The van der Waals surface area contributed by atoms with Crippen molar-refractivity contribution in [2.45, 2.75) is 44.4 Å². The Morgan fingerprint density at radius 2 is 2.00 bits per heavy atom. The Morgan fingerprint density at radius 3 is 2.69 bits per heavy atom. The van der Waals surface area contributed by atoms with Crippen LogP contribution in [0.15, 0.2) is 47.3 Å². The monoisotopic (exact) mass is 398 g/mol. The molecule has 0 bridgehead atoms. The number of furan rings is 1. The van der Waals surface area contributed by atoms with Crippen LogP contribution in [0.4, 0.5) is 0 Å². The lowest BCUT2D eigenvalue weighted by Gasteiger charge is -2.37. The topological polar surface area (TPSA) is 55.2 Å². The van der Waals surface area contributed by atoms with Gasteiger partial charge < -0.3 is 18.8 Å². The van der Waals surface area contributed by atoms with Gasteiger partial charge in [0.2, 0.25) is 0 Å². The molecule has 1 amide bonds. The standard InChI is InChI=1S/C23H30N2O4/c1-27-21-8-6-19(7-9-21)23(26)25(20-4-2-3-5-20)16-22-15-24(11-13-29-22)14-18-10-12-28-17-18/h6-10,12,17,20,22H,2-5,11,13-16H2,1H3. The number of morpholine rings is 1. The lowest BCUT2D eigenvalue weighted by Crippen LogP contribution is -2.50. The molecule has 1 aliphatic heterocycles. The Bertz CT molecular complexity index is 769. The highest BCUT2D eigenvalue weighted by atomic mass is 16.5. The Balaban J connectivity index is 1.44. The van der Waals surface area contributed by atoms with E-state index < -0.39 is 0 Å². The summed E-state index contributed by atoms with van der Waals surface area (Å²) in [6.45, 7) is 3.91. The number of amides is 1. The molecule has 1 unspecified atom stereocenters. The third kappa shape index (κ3) is 5.00. The van der Waals surface area contributed by atoms with Crippen molar-refractivity contribution in [3.05, 3.63) is 54.0 Å². The predicted octanol–water partition coefficient (Wildman–Crippen LogP) is 3.57. The van der Waals surface area contributed by atoms with Gasteiger partial charge in [-0.25, -0.2) is 0 Å². The van der Waals surface area contributed by atoms with Crippen LogP contribution in [0.2, 0.25) is 0 Å². The number of hydrogen-bond acceptors (Lipinski definition) is 5. The number of nitrogens with zero attached hydrogens (tertiary/aromatic N) is 2. The van der Waals surface area contributed by atoms with Crippen molar-refractivity contribution in [1.29, 1.82) is 0 Å². The quantitative estimate of drug-likeness (QED) is 0.714. The highest BCUT2D eigenvalue weighted by Gasteiger charge is 2.31. The number of hydrogen-bond donors (Lipinski definition) is 0. The van der Waals surface area contributed by atoms with E-state index in [9.17, 15) is 4.79 Å². The molecule has 0 N–H and O–H groups in total. The third-order valence-electron chi connectivity index (χ3n) is 5.97. The van der Waals surface area contributed by atoms with Gasteiger partial charge in [0.05, 0.1) is 32.3 Å². The average molecular weight is 399 g/mol. The van der Waals surface area contributed by atoms with Crippen LogP contribution in [0.25, 0.3) is 0 Å². The number of methoxy groups -OCH3 is 1. The summed E-state index contributed by atoms with van der Waals surface area (Å²) in [6, 6.07) is 9.72. The van der Waals surface area contributed by atoms with E-state index in [2.05, 4.69) is 9.80 Å². The van der Waals surface area contributed by atoms with Crippen LogP contribution in [0, 0.1) is 0 Å². The molecule has 29 heavy (non-hydrogen) atoms. The zero-order chi connectivity index (χ0) is 20.1. The first kappa shape index (κ1) is 20.0. The fourth-order valence-electron chi connectivity index (χ4n) is 4.41. The van der Waals surface area contributed by atoms with Crippen molar-refractivity contribution in [2.75, 3.05) is 33.4 Å². The normalized spacial score (nSPS) is 20.7. The Kier molecular flexibility index (Phi) is 6.52. The van der Waals surface area contributed by atoms with Crippen molar-refractivity contribution in [2.24, 2.45) is 0 Å². The van der Waals surface area contributed by atoms with Crippen LogP contribution >= 0.6 is 0 Å². The van der Waals surface area contributed by atoms with Crippen LogP contribution < -0.4 is 4.74 Å². The minimum absolute atomic E-state index is 0.0263. The molecule has 0 spiro atoms. The largest absolute Gasteiger partial charge is 0.497 e. The molecular formula is C23H30N2O4. The summed E-state index contributed by atoms with van der Waals surface area (Å²) in [5, 5.41) is 0. The maximum atomic E-state index is 13.3. The molecule has 6 heteroatoms. The maximum absolute atomic E-state index is 13.3. The second kappa shape index (κ2) is 9.46. The molecule has 1 aromatic carbocycles. The van der Waals surface area contributed by atoms with Gasteiger partial charge in [0.1, 0.15) is 5.75 Å². The van der Waals surface area contributed by atoms with E-state index in [0.717, 1.165) is 38.2 Å². The number of benzene rings is 1. The first-order valence-electron chi connectivity index (χ1n) is 10.5. The van der Waals surface area contributed by atoms with E-state index in [1.807, 2.05) is 30.3 Å². The molecule has 1 saturated carbocycles. The van der Waals surface area contributed by atoms with E-state index in [0.29, 0.717) is 24.8 Å². The Labute approximate surface area is 172 Å². The molecule has 1 atom stereocenters. The van der Waals surface area contributed by atoms with Crippen LogP contribution in [0.5, 0.6) is 5.75 Å². The van der Waals surface area contributed by atoms with E-state index in [4.69, 9.17) is 13.9 Å². The minimum atomic E-state index is 0.0263. The van der Waals surface area contributed by atoms with Crippen molar-refractivity contribution in [3.63, 3.8) is 0 Å². The fraction of sp³-hybridized carbons (Fsp3) is 0.522. The summed E-state index contributed by atoms with van der Waals surface area (Å²) in [5.41, 5.74) is 1.89. The molecule has 0 radical (unpaired) electrons. The second-order valence-electron chi connectivity index (χ2n) is 7.98. The van der Waals surface area contributed by atoms with Gasteiger partial charge in [-0.3, -0.25) is 9.69 Å². The molecule has 6 nitrogen and oxygen atoms in total. The molecule has 4 rings (SSSR count). The van der Waals surface area contributed by atoms with Crippen LogP contribution in [0.1, 0.15) is 41.6 Å². The molecule has 2 fully saturated rings. The fourth-order valence-corrected chi connectivity index (χ4v) is 4.41. The molecule has 1 aliphatic carbocycles. The van der Waals surface area contributed by atoms with Crippen LogP contribution in [0.3, 0.4) is 0 Å². The Morgan fingerprint density at radius 1 is 1.21 bits per heavy atom. The smallest absolute Gasteiger partial charge is 0.254 e. The molecule has 2 aliphatic rings. The Hall–Kier alpha value is -2.31. The van der Waals surface area contributed by atoms with Gasteiger partial charge in [0.25, 0.3) is 5.91 Å². The molecule has 156 valence electrons. The number of carbonyl (C=O) groups excluding carboxylic acids is 1. The van der Waals surface area contributed by atoms with Crippen LogP contribution in [-0.2, 0) is 11.3 Å². The third-order valence-corrected chi connectivity index (χ3v) is 5.97. The van der Waals surface area contributed by atoms with E-state index >= 15 is 0 Å².